The molecule has 0 fully saturated rings. The largest absolute Gasteiger partial charge is 0.478 e. The van der Waals surface area contributed by atoms with Crippen molar-refractivity contribution in [2.24, 2.45) is 5.73 Å². The van der Waals surface area contributed by atoms with Crippen LogP contribution < -0.4 is 5.73 Å². The fourth-order valence-electron chi connectivity index (χ4n) is 0.961. The van der Waals surface area contributed by atoms with Gasteiger partial charge in [-0.15, -0.1) is 0 Å². The van der Waals surface area contributed by atoms with Crippen LogP contribution in [0.5, 0.6) is 0 Å². The Morgan fingerprint density at radius 1 is 1.75 bits per heavy atom. The highest BCUT2D eigenvalue weighted by Gasteiger charge is 2.12. The fraction of sp³-hybridized carbons (Fsp3) is 0.250. The Kier molecular flexibility index (Phi) is 2.40. The molecule has 0 aliphatic heterocycles. The van der Waals surface area contributed by atoms with Crippen LogP contribution in [0.25, 0.3) is 0 Å². The first-order valence-electron chi connectivity index (χ1n) is 3.56. The molecule has 3 N–H and O–H groups in total. The highest BCUT2D eigenvalue weighted by Crippen LogP contribution is 2.11. The lowest BCUT2D eigenvalue weighted by Gasteiger charge is -2.06. The third kappa shape index (κ3) is 1.60. The van der Waals surface area contributed by atoms with Gasteiger partial charge in [-0.05, 0) is 19.1 Å². The molecule has 1 aromatic heterocycles. The van der Waals surface area contributed by atoms with E-state index in [1.807, 2.05) is 0 Å². The third-order valence-corrected chi connectivity index (χ3v) is 1.50. The molecule has 0 aliphatic rings. The number of carboxylic acids is 1. The van der Waals surface area contributed by atoms with Gasteiger partial charge < -0.3 is 10.8 Å². The maximum Gasteiger partial charge on any atom is 0.337 e. The normalized spacial score (nSPS) is 12.5. The minimum atomic E-state index is -0.990. The zero-order chi connectivity index (χ0) is 9.14. The highest BCUT2D eigenvalue weighted by atomic mass is 16.4. The molecule has 0 amide bonds. The number of nitrogens with two attached hydrogens (primary N) is 1. The molecule has 0 spiro atoms. The van der Waals surface area contributed by atoms with Gasteiger partial charge in [0.05, 0.1) is 11.3 Å². The molecular formula is C8H10N2O2. The molecular weight excluding hydrogens is 156 g/mol. The van der Waals surface area contributed by atoms with Gasteiger partial charge in [0.15, 0.2) is 0 Å². The van der Waals surface area contributed by atoms with Crippen LogP contribution in [0.1, 0.15) is 29.0 Å². The molecule has 0 unspecified atom stereocenters. The Balaban J connectivity index is 3.17. The summed E-state index contributed by atoms with van der Waals surface area (Å²) in [6.07, 6.45) is 1.53. The van der Waals surface area contributed by atoms with Crippen LogP contribution >= 0.6 is 0 Å². The van der Waals surface area contributed by atoms with Crippen molar-refractivity contribution in [2.45, 2.75) is 13.0 Å². The number of pyridine rings is 1. The molecule has 0 bridgehead atoms. The van der Waals surface area contributed by atoms with Crippen molar-refractivity contribution < 1.29 is 9.90 Å². The van der Waals surface area contributed by atoms with Crippen LogP contribution in [0.4, 0.5) is 0 Å². The van der Waals surface area contributed by atoms with Gasteiger partial charge in [0.25, 0.3) is 0 Å². The van der Waals surface area contributed by atoms with Crippen molar-refractivity contribution in [1.29, 1.82) is 0 Å². The monoisotopic (exact) mass is 166 g/mol. The van der Waals surface area contributed by atoms with E-state index in [0.29, 0.717) is 5.69 Å². The molecule has 64 valence electrons. The van der Waals surface area contributed by atoms with Gasteiger partial charge in [-0.25, -0.2) is 4.79 Å². The number of nitrogens with zero attached hydrogens (tertiary/aromatic N) is 1. The zero-order valence-electron chi connectivity index (χ0n) is 6.69. The lowest BCUT2D eigenvalue weighted by molar-refractivity contribution is 0.0694. The highest BCUT2D eigenvalue weighted by molar-refractivity contribution is 5.88. The average Bonchev–Trinajstić information content (AvgIpc) is 2.04. The van der Waals surface area contributed by atoms with E-state index in [-0.39, 0.29) is 11.6 Å². The van der Waals surface area contributed by atoms with Crippen LogP contribution in [0.3, 0.4) is 0 Å². The van der Waals surface area contributed by atoms with Crippen molar-refractivity contribution >= 4 is 5.97 Å². The van der Waals surface area contributed by atoms with Crippen LogP contribution in [0.2, 0.25) is 0 Å². The Bertz CT molecular complexity index is 297. The van der Waals surface area contributed by atoms with Gasteiger partial charge in [0.1, 0.15) is 0 Å². The van der Waals surface area contributed by atoms with E-state index in [1.165, 1.54) is 12.3 Å². The summed E-state index contributed by atoms with van der Waals surface area (Å²) in [6, 6.07) is 2.72. The first kappa shape index (κ1) is 8.67. The number of carboxylic acid groups (broad SMARTS) is 1. The van der Waals surface area contributed by atoms with Crippen LogP contribution in [0, 0.1) is 0 Å². The summed E-state index contributed by atoms with van der Waals surface area (Å²) >= 11 is 0. The second-order valence-corrected chi connectivity index (χ2v) is 2.53. The Morgan fingerprint density at radius 3 is 2.83 bits per heavy atom. The minimum Gasteiger partial charge on any atom is -0.478 e. The predicted molar refractivity (Wildman–Crippen MR) is 43.8 cm³/mol. The predicted octanol–water partition coefficient (Wildman–Crippen LogP) is 0.800. The second-order valence-electron chi connectivity index (χ2n) is 2.53. The summed E-state index contributed by atoms with van der Waals surface area (Å²) in [5.74, 6) is -0.990. The lowest BCUT2D eigenvalue weighted by Crippen LogP contribution is -2.13. The molecule has 0 radical (unpaired) electrons. The van der Waals surface area contributed by atoms with Crippen molar-refractivity contribution in [3.05, 3.63) is 29.6 Å². The number of hydrogen-bond acceptors (Lipinski definition) is 3. The molecule has 4 heteroatoms. The molecule has 1 heterocycles. The Labute approximate surface area is 70.0 Å². The number of carbonyl (C=O) groups is 1. The van der Waals surface area contributed by atoms with Gasteiger partial charge in [-0.1, -0.05) is 0 Å². The zero-order valence-corrected chi connectivity index (χ0v) is 6.69. The van der Waals surface area contributed by atoms with Gasteiger partial charge in [-0.3, -0.25) is 4.98 Å². The SMILES string of the molecule is C[C@H](N)c1ncccc1C(=O)O. The van der Waals surface area contributed by atoms with Crippen LogP contribution in [0.15, 0.2) is 18.3 Å². The lowest BCUT2D eigenvalue weighted by atomic mass is 10.1. The summed E-state index contributed by atoms with van der Waals surface area (Å²) in [4.78, 5) is 14.5. The summed E-state index contributed by atoms with van der Waals surface area (Å²) in [6.45, 7) is 1.70. The van der Waals surface area contributed by atoms with Gasteiger partial charge in [-0.2, -0.15) is 0 Å². The first-order chi connectivity index (χ1) is 5.63. The summed E-state index contributed by atoms with van der Waals surface area (Å²) in [5.41, 5.74) is 6.12. The number of aromatic carboxylic acids is 1. The average molecular weight is 166 g/mol. The van der Waals surface area contributed by atoms with Crippen LogP contribution in [-0.2, 0) is 0 Å². The molecule has 4 nitrogen and oxygen atoms in total. The molecule has 1 aromatic rings. The number of rotatable bonds is 2. The van der Waals surface area contributed by atoms with Gasteiger partial charge in [0.2, 0.25) is 0 Å². The van der Waals surface area contributed by atoms with E-state index in [0.717, 1.165) is 0 Å². The minimum absolute atomic E-state index is 0.174. The molecule has 0 aromatic carbocycles. The van der Waals surface area contributed by atoms with E-state index in [9.17, 15) is 4.79 Å². The molecule has 0 saturated carbocycles. The topological polar surface area (TPSA) is 76.2 Å². The summed E-state index contributed by atoms with van der Waals surface area (Å²) in [7, 11) is 0. The second kappa shape index (κ2) is 3.32. The van der Waals surface area contributed by atoms with Crippen molar-refractivity contribution in [1.82, 2.24) is 4.98 Å². The van der Waals surface area contributed by atoms with Gasteiger partial charge in [0, 0.05) is 12.2 Å². The number of aromatic nitrogens is 1. The maximum absolute atomic E-state index is 10.6. The van der Waals surface area contributed by atoms with E-state index >= 15 is 0 Å². The molecule has 1 rings (SSSR count). The van der Waals surface area contributed by atoms with Gasteiger partial charge >= 0.3 is 5.97 Å². The Morgan fingerprint density at radius 2 is 2.42 bits per heavy atom. The first-order valence-corrected chi connectivity index (χ1v) is 3.56. The molecule has 0 aliphatic carbocycles. The Hall–Kier alpha value is -1.42. The van der Waals surface area contributed by atoms with E-state index in [2.05, 4.69) is 4.98 Å². The number of hydrogen-bond donors (Lipinski definition) is 2. The van der Waals surface area contributed by atoms with Crippen LogP contribution in [-0.4, -0.2) is 16.1 Å². The maximum atomic E-state index is 10.6. The summed E-state index contributed by atoms with van der Waals surface area (Å²) < 4.78 is 0. The fourth-order valence-corrected chi connectivity index (χ4v) is 0.961. The van der Waals surface area contributed by atoms with Crippen molar-refractivity contribution in [3.8, 4) is 0 Å². The van der Waals surface area contributed by atoms with E-state index in [4.69, 9.17) is 10.8 Å². The van der Waals surface area contributed by atoms with E-state index < -0.39 is 5.97 Å². The quantitative estimate of drug-likeness (QED) is 0.681. The molecule has 12 heavy (non-hydrogen) atoms. The summed E-state index contributed by atoms with van der Waals surface area (Å²) in [5, 5.41) is 8.72. The molecule has 0 saturated heterocycles. The van der Waals surface area contributed by atoms with E-state index in [1.54, 1.807) is 13.0 Å². The van der Waals surface area contributed by atoms with Crippen molar-refractivity contribution in [2.75, 3.05) is 0 Å². The molecule has 1 atom stereocenters. The third-order valence-electron chi connectivity index (χ3n) is 1.50. The smallest absolute Gasteiger partial charge is 0.337 e. The standard InChI is InChI=1S/C8H10N2O2/c1-5(9)7-6(8(11)12)3-2-4-10-7/h2-5H,9H2,1H3,(H,11,12)/t5-/m0/s1. The van der Waals surface area contributed by atoms with Crippen molar-refractivity contribution in [3.63, 3.8) is 0 Å².